The number of nitrogens with one attached hydrogen (secondary N) is 2. The fraction of sp³-hybridized carbons (Fsp3) is 0.636. The third-order valence-corrected chi connectivity index (χ3v) is 4.82. The van der Waals surface area contributed by atoms with Crippen molar-refractivity contribution in [2.45, 2.75) is 58.9 Å². The second-order valence-electron chi connectivity index (χ2n) is 8.55. The Morgan fingerprint density at radius 2 is 1.79 bits per heavy atom. The molecule has 0 aromatic heterocycles. The van der Waals surface area contributed by atoms with E-state index in [-0.39, 0.29) is 17.5 Å². The molecule has 0 bridgehead atoms. The molecule has 1 saturated heterocycles. The number of nitrogens with zero attached hydrogens (tertiary/aromatic N) is 1. The van der Waals surface area contributed by atoms with Gasteiger partial charge in [0.15, 0.2) is 0 Å². The van der Waals surface area contributed by atoms with Gasteiger partial charge in [-0.15, -0.1) is 0 Å². The van der Waals surface area contributed by atoms with Crippen LogP contribution in [0.1, 0.15) is 63.7 Å². The smallest absolute Gasteiger partial charge is 0.317 e. The van der Waals surface area contributed by atoms with Gasteiger partial charge in [0.1, 0.15) is 5.75 Å². The van der Waals surface area contributed by atoms with E-state index in [2.05, 4.69) is 17.6 Å². The number of urea groups is 1. The summed E-state index contributed by atoms with van der Waals surface area (Å²) < 4.78 is 5.63. The number of ether oxygens (including phenoxy) is 1. The zero-order chi connectivity index (χ0) is 20.6. The zero-order valence-electron chi connectivity index (χ0n) is 17.7. The number of piperidine rings is 1. The highest BCUT2D eigenvalue weighted by molar-refractivity contribution is 5.94. The molecule has 6 nitrogen and oxygen atoms in total. The largest absolute Gasteiger partial charge is 0.494 e. The lowest BCUT2D eigenvalue weighted by atomic mass is 9.96. The number of benzene rings is 1. The van der Waals surface area contributed by atoms with E-state index in [0.717, 1.165) is 44.5 Å². The normalized spacial score (nSPS) is 15.2. The molecule has 0 spiro atoms. The van der Waals surface area contributed by atoms with Gasteiger partial charge in [0.05, 0.1) is 6.61 Å². The molecule has 0 radical (unpaired) electrons. The van der Waals surface area contributed by atoms with Crippen molar-refractivity contribution in [1.82, 2.24) is 15.5 Å². The lowest BCUT2D eigenvalue weighted by Crippen LogP contribution is -2.51. The molecule has 0 atom stereocenters. The van der Waals surface area contributed by atoms with Crippen molar-refractivity contribution in [3.63, 3.8) is 0 Å². The van der Waals surface area contributed by atoms with E-state index in [1.807, 2.05) is 37.8 Å². The van der Waals surface area contributed by atoms with Gasteiger partial charge in [-0.05, 0) is 70.2 Å². The summed E-state index contributed by atoms with van der Waals surface area (Å²) in [5.41, 5.74) is 0.420. The molecule has 1 aliphatic rings. The Balaban J connectivity index is 1.71. The van der Waals surface area contributed by atoms with Gasteiger partial charge in [-0.3, -0.25) is 4.79 Å². The van der Waals surface area contributed by atoms with Gasteiger partial charge < -0.3 is 20.3 Å². The Hall–Kier alpha value is -2.24. The Bertz CT molecular complexity index is 629. The molecule has 28 heavy (non-hydrogen) atoms. The zero-order valence-corrected chi connectivity index (χ0v) is 17.7. The maximum Gasteiger partial charge on any atom is 0.317 e. The summed E-state index contributed by atoms with van der Waals surface area (Å²) in [5, 5.41) is 6.03. The molecule has 1 aromatic carbocycles. The van der Waals surface area contributed by atoms with Crippen molar-refractivity contribution in [1.29, 1.82) is 0 Å². The minimum absolute atomic E-state index is 0.00349. The van der Waals surface area contributed by atoms with Crippen LogP contribution in [-0.4, -0.2) is 48.6 Å². The minimum Gasteiger partial charge on any atom is -0.494 e. The Labute approximate surface area is 169 Å². The number of carbonyl (C=O) groups excluding carboxylic acids is 2. The Kier molecular flexibility index (Phi) is 8.15. The minimum atomic E-state index is -0.224. The summed E-state index contributed by atoms with van der Waals surface area (Å²) in [5.74, 6) is 1.14. The van der Waals surface area contributed by atoms with E-state index < -0.39 is 0 Å². The first-order valence-corrected chi connectivity index (χ1v) is 10.4. The summed E-state index contributed by atoms with van der Waals surface area (Å²) in [7, 11) is 0. The molecule has 2 rings (SSSR count). The molecule has 0 aliphatic carbocycles. The second kappa shape index (κ2) is 10.3. The lowest BCUT2D eigenvalue weighted by molar-refractivity contribution is 0.0937. The molecular weight excluding hydrogens is 354 g/mol. The van der Waals surface area contributed by atoms with Gasteiger partial charge in [-0.25, -0.2) is 4.79 Å². The van der Waals surface area contributed by atoms with Crippen LogP contribution in [0, 0.1) is 5.92 Å². The number of unbranched alkanes of at least 4 members (excludes halogenated alkanes) is 1. The van der Waals surface area contributed by atoms with Crippen LogP contribution in [-0.2, 0) is 0 Å². The van der Waals surface area contributed by atoms with E-state index in [0.29, 0.717) is 24.6 Å². The lowest BCUT2D eigenvalue weighted by Gasteiger charge is -2.34. The first-order chi connectivity index (χ1) is 13.3. The van der Waals surface area contributed by atoms with Crippen LogP contribution in [0.3, 0.4) is 0 Å². The molecule has 1 aromatic rings. The number of amides is 3. The van der Waals surface area contributed by atoms with Gasteiger partial charge in [0, 0.05) is 30.7 Å². The van der Waals surface area contributed by atoms with Crippen LogP contribution < -0.4 is 15.4 Å². The summed E-state index contributed by atoms with van der Waals surface area (Å²) in [6.45, 7) is 10.9. The fourth-order valence-corrected chi connectivity index (χ4v) is 3.12. The average molecular weight is 390 g/mol. The van der Waals surface area contributed by atoms with Crippen molar-refractivity contribution in [2.24, 2.45) is 5.92 Å². The van der Waals surface area contributed by atoms with Gasteiger partial charge in [-0.1, -0.05) is 13.3 Å². The molecule has 2 N–H and O–H groups in total. The summed E-state index contributed by atoms with van der Waals surface area (Å²) in [6, 6.07) is 7.29. The SMILES string of the molecule is CCCCOc1ccc(C(=O)NCC2CCN(C(=O)NC(C)(C)C)CC2)cc1. The fourth-order valence-electron chi connectivity index (χ4n) is 3.12. The molecule has 0 saturated carbocycles. The molecule has 1 fully saturated rings. The molecule has 3 amide bonds. The summed E-state index contributed by atoms with van der Waals surface area (Å²) in [4.78, 5) is 26.4. The third-order valence-electron chi connectivity index (χ3n) is 4.82. The standard InChI is InChI=1S/C22H35N3O3/c1-5-6-15-28-19-9-7-18(8-10-19)20(26)23-16-17-11-13-25(14-12-17)21(27)24-22(2,3)4/h7-10,17H,5-6,11-16H2,1-4H3,(H,23,26)(H,24,27). The van der Waals surface area contributed by atoms with Crippen molar-refractivity contribution < 1.29 is 14.3 Å². The quantitative estimate of drug-likeness (QED) is 0.697. The maximum absolute atomic E-state index is 12.4. The molecular formula is C22H35N3O3. The monoisotopic (exact) mass is 389 g/mol. The molecule has 6 heteroatoms. The topological polar surface area (TPSA) is 70.7 Å². The molecule has 1 heterocycles. The third kappa shape index (κ3) is 7.41. The number of carbonyl (C=O) groups is 2. The van der Waals surface area contributed by atoms with Crippen LogP contribution >= 0.6 is 0 Å². The van der Waals surface area contributed by atoms with E-state index in [9.17, 15) is 9.59 Å². The maximum atomic E-state index is 12.4. The number of hydrogen-bond acceptors (Lipinski definition) is 3. The molecule has 1 aliphatic heterocycles. The van der Waals surface area contributed by atoms with Gasteiger partial charge in [-0.2, -0.15) is 0 Å². The van der Waals surface area contributed by atoms with E-state index in [1.165, 1.54) is 0 Å². The van der Waals surface area contributed by atoms with Crippen LogP contribution in [0.15, 0.2) is 24.3 Å². The van der Waals surface area contributed by atoms with Crippen molar-refractivity contribution in [3.8, 4) is 5.75 Å². The summed E-state index contributed by atoms with van der Waals surface area (Å²) in [6.07, 6.45) is 3.93. The number of hydrogen-bond donors (Lipinski definition) is 2. The van der Waals surface area contributed by atoms with Crippen LogP contribution in [0.5, 0.6) is 5.75 Å². The highest BCUT2D eigenvalue weighted by Gasteiger charge is 2.25. The van der Waals surface area contributed by atoms with Gasteiger partial charge in [0.2, 0.25) is 0 Å². The van der Waals surface area contributed by atoms with Crippen LogP contribution in [0.4, 0.5) is 4.79 Å². The van der Waals surface area contributed by atoms with Crippen LogP contribution in [0.25, 0.3) is 0 Å². The average Bonchev–Trinajstić information content (AvgIpc) is 2.66. The number of likely N-dealkylation sites (tertiary alicyclic amines) is 1. The first kappa shape index (κ1) is 22.1. The second-order valence-corrected chi connectivity index (χ2v) is 8.55. The first-order valence-electron chi connectivity index (χ1n) is 10.4. The van der Waals surface area contributed by atoms with E-state index in [1.54, 1.807) is 12.1 Å². The van der Waals surface area contributed by atoms with Crippen molar-refractivity contribution in [3.05, 3.63) is 29.8 Å². The molecule has 156 valence electrons. The highest BCUT2D eigenvalue weighted by Crippen LogP contribution is 2.18. The Morgan fingerprint density at radius 3 is 2.36 bits per heavy atom. The predicted molar refractivity (Wildman–Crippen MR) is 112 cm³/mol. The predicted octanol–water partition coefficient (Wildman–Crippen LogP) is 3.82. The Morgan fingerprint density at radius 1 is 1.14 bits per heavy atom. The molecule has 0 unspecified atom stereocenters. The number of rotatable bonds is 7. The van der Waals surface area contributed by atoms with E-state index >= 15 is 0 Å². The van der Waals surface area contributed by atoms with Crippen LogP contribution in [0.2, 0.25) is 0 Å². The van der Waals surface area contributed by atoms with Crippen molar-refractivity contribution >= 4 is 11.9 Å². The van der Waals surface area contributed by atoms with E-state index in [4.69, 9.17) is 4.74 Å². The summed E-state index contributed by atoms with van der Waals surface area (Å²) >= 11 is 0. The highest BCUT2D eigenvalue weighted by atomic mass is 16.5. The van der Waals surface area contributed by atoms with Gasteiger partial charge in [0.25, 0.3) is 5.91 Å². The van der Waals surface area contributed by atoms with Crippen molar-refractivity contribution in [2.75, 3.05) is 26.2 Å². The van der Waals surface area contributed by atoms with Gasteiger partial charge >= 0.3 is 6.03 Å².